The zero-order chi connectivity index (χ0) is 20.0. The first-order chi connectivity index (χ1) is 12.7. The molecule has 0 spiro atoms. The van der Waals surface area contributed by atoms with Gasteiger partial charge < -0.3 is 0 Å². The van der Waals surface area contributed by atoms with Crippen LogP contribution in [0.2, 0.25) is 0 Å². The first-order valence-corrected chi connectivity index (χ1v) is 11.2. The van der Waals surface area contributed by atoms with Gasteiger partial charge in [-0.05, 0) is 0 Å². The van der Waals surface area contributed by atoms with Gasteiger partial charge in [-0.2, -0.15) is 0 Å². The molecule has 0 bridgehead atoms. The van der Waals surface area contributed by atoms with E-state index in [9.17, 15) is 18.0 Å². The molecule has 0 aliphatic heterocycles. The number of ether oxygens (including phenoxy) is 1. The molecule has 0 aliphatic rings. The predicted octanol–water partition coefficient (Wildman–Crippen LogP) is 4.54. The van der Waals surface area contributed by atoms with Gasteiger partial charge in [0.2, 0.25) is 0 Å². The van der Waals surface area contributed by atoms with Crippen LogP contribution in [-0.4, -0.2) is 28.5 Å². The summed E-state index contributed by atoms with van der Waals surface area (Å²) in [6.07, 6.45) is -4.00. The Morgan fingerprint density at radius 3 is 2.22 bits per heavy atom. The van der Waals surface area contributed by atoms with E-state index in [0.717, 1.165) is 46.1 Å². The standard InChI is InChI=1S/C20H23AsF3NO2/c1-4-9-27-19(26)25-18-13(2)10-17(11-14(18)3)21-12-15-5-7-16(8-6-15)20(22,23)24/h5-8,10-11,21H,4,9,12H2,1-3H3,(H,25,26). The van der Waals surface area contributed by atoms with Crippen molar-refractivity contribution in [1.82, 2.24) is 0 Å². The summed E-state index contributed by atoms with van der Waals surface area (Å²) < 4.78 is 44.1. The summed E-state index contributed by atoms with van der Waals surface area (Å²) in [6.45, 7) is 6.16. The fourth-order valence-electron chi connectivity index (χ4n) is 2.61. The van der Waals surface area contributed by atoms with Crippen molar-refractivity contribution in [2.75, 3.05) is 11.9 Å². The van der Waals surface area contributed by atoms with Crippen LogP contribution in [-0.2, 0) is 16.1 Å². The first-order valence-electron chi connectivity index (χ1n) is 8.65. The molecule has 2 aromatic rings. The van der Waals surface area contributed by atoms with E-state index in [1.54, 1.807) is 12.1 Å². The van der Waals surface area contributed by atoms with E-state index in [1.165, 1.54) is 4.35 Å². The molecule has 0 saturated carbocycles. The summed E-state index contributed by atoms with van der Waals surface area (Å²) in [7, 11) is 0. The average Bonchev–Trinajstić information content (AvgIpc) is 2.61. The Balaban J connectivity index is 2.02. The minimum atomic E-state index is -4.30. The van der Waals surface area contributed by atoms with Crippen molar-refractivity contribution in [3.05, 3.63) is 58.7 Å². The second kappa shape index (κ2) is 9.31. The Morgan fingerprint density at radius 2 is 1.70 bits per heavy atom. The minimum absolute atomic E-state index is 0.376. The van der Waals surface area contributed by atoms with Gasteiger partial charge in [-0.3, -0.25) is 0 Å². The van der Waals surface area contributed by atoms with Crippen LogP contribution in [0.5, 0.6) is 0 Å². The molecule has 0 aliphatic carbocycles. The number of hydrogen-bond acceptors (Lipinski definition) is 2. The van der Waals surface area contributed by atoms with Gasteiger partial charge in [-0.15, -0.1) is 0 Å². The van der Waals surface area contributed by atoms with Crippen molar-refractivity contribution in [2.45, 2.75) is 38.6 Å². The third-order valence-electron chi connectivity index (χ3n) is 3.97. The van der Waals surface area contributed by atoms with E-state index in [-0.39, 0.29) is 0 Å². The molecule has 1 N–H and O–H groups in total. The van der Waals surface area contributed by atoms with Gasteiger partial charge in [0.1, 0.15) is 0 Å². The summed E-state index contributed by atoms with van der Waals surface area (Å²) in [5.74, 6) is 0. The van der Waals surface area contributed by atoms with Gasteiger partial charge in [-0.1, -0.05) is 0 Å². The molecule has 0 saturated heterocycles. The molecule has 146 valence electrons. The Kier molecular flexibility index (Phi) is 7.37. The molecule has 0 heterocycles. The van der Waals surface area contributed by atoms with E-state index in [4.69, 9.17) is 4.74 Å². The molecule has 0 aromatic heterocycles. The van der Waals surface area contributed by atoms with Crippen molar-refractivity contribution in [3.8, 4) is 0 Å². The Bertz CT molecular complexity index is 766. The van der Waals surface area contributed by atoms with Crippen LogP contribution >= 0.6 is 0 Å². The van der Waals surface area contributed by atoms with Crippen molar-refractivity contribution in [2.24, 2.45) is 0 Å². The Morgan fingerprint density at radius 1 is 1.11 bits per heavy atom. The van der Waals surface area contributed by atoms with Gasteiger partial charge in [0.05, 0.1) is 0 Å². The number of carbonyl (C=O) groups is 1. The summed E-state index contributed by atoms with van der Waals surface area (Å²) in [5.41, 5.74) is 2.94. The van der Waals surface area contributed by atoms with Crippen molar-refractivity contribution in [3.63, 3.8) is 0 Å². The van der Waals surface area contributed by atoms with E-state index in [2.05, 4.69) is 5.32 Å². The van der Waals surface area contributed by atoms with Crippen LogP contribution in [0.3, 0.4) is 0 Å². The SMILES string of the molecule is CCCOC(=O)Nc1c(C)cc([AsH]Cc2ccc(C(F)(F)F)cc2)cc1C. The van der Waals surface area contributed by atoms with Gasteiger partial charge in [0.15, 0.2) is 0 Å². The van der Waals surface area contributed by atoms with Gasteiger partial charge >= 0.3 is 164 Å². The fraction of sp³-hybridized carbons (Fsp3) is 0.350. The molecule has 1 amide bonds. The van der Waals surface area contributed by atoms with Gasteiger partial charge in [0.25, 0.3) is 0 Å². The normalized spacial score (nSPS) is 11.8. The van der Waals surface area contributed by atoms with Crippen molar-refractivity contribution < 1.29 is 22.7 Å². The average molecular weight is 441 g/mol. The number of nitrogens with one attached hydrogen (secondary N) is 1. The van der Waals surface area contributed by atoms with Crippen LogP contribution in [0, 0.1) is 13.8 Å². The molecule has 27 heavy (non-hydrogen) atoms. The molecule has 2 rings (SSSR count). The van der Waals surface area contributed by atoms with E-state index >= 15 is 0 Å². The second-order valence-electron chi connectivity index (χ2n) is 6.29. The summed E-state index contributed by atoms with van der Waals surface area (Å²) in [5, 5.41) is 3.55. The van der Waals surface area contributed by atoms with Crippen LogP contribution in [0.1, 0.15) is 35.6 Å². The van der Waals surface area contributed by atoms with Crippen molar-refractivity contribution in [1.29, 1.82) is 0 Å². The maximum atomic E-state index is 12.6. The number of rotatable bonds is 6. The van der Waals surface area contributed by atoms with Crippen LogP contribution in [0.4, 0.5) is 23.7 Å². The van der Waals surface area contributed by atoms with E-state index in [0.29, 0.717) is 6.61 Å². The number of carbonyl (C=O) groups excluding carboxylic acids is 1. The number of aryl methyl sites for hydroxylation is 2. The number of alkyl halides is 3. The second-order valence-corrected chi connectivity index (χ2v) is 8.99. The maximum absolute atomic E-state index is 12.6. The Hall–Kier alpha value is -1.94. The van der Waals surface area contributed by atoms with Crippen LogP contribution < -0.4 is 9.67 Å². The van der Waals surface area contributed by atoms with Gasteiger partial charge in [-0.25, -0.2) is 0 Å². The quantitative estimate of drug-likeness (QED) is 0.669. The molecule has 3 nitrogen and oxygen atoms in total. The molecule has 1 atom stereocenters. The van der Waals surface area contributed by atoms with E-state index < -0.39 is 33.6 Å². The number of anilines is 1. The molecular weight excluding hydrogens is 418 g/mol. The molecule has 7 heteroatoms. The Labute approximate surface area is 164 Å². The summed E-state index contributed by atoms with van der Waals surface area (Å²) >= 11 is -0.542. The number of benzene rings is 2. The molecule has 0 radical (unpaired) electrons. The third kappa shape index (κ3) is 6.31. The van der Waals surface area contributed by atoms with Gasteiger partial charge in [0, 0.05) is 0 Å². The number of amides is 1. The van der Waals surface area contributed by atoms with Crippen LogP contribution in [0.15, 0.2) is 36.4 Å². The predicted molar refractivity (Wildman–Crippen MR) is 103 cm³/mol. The number of halogens is 3. The molecular formula is C20H23AsF3NO2. The van der Waals surface area contributed by atoms with Crippen LogP contribution in [0.25, 0.3) is 0 Å². The fourth-order valence-corrected chi connectivity index (χ4v) is 5.30. The summed E-state index contributed by atoms with van der Waals surface area (Å²) in [4.78, 5) is 11.8. The molecule has 1 unspecified atom stereocenters. The van der Waals surface area contributed by atoms with E-state index in [1.807, 2.05) is 32.9 Å². The monoisotopic (exact) mass is 441 g/mol. The zero-order valence-electron chi connectivity index (χ0n) is 15.5. The first kappa shape index (κ1) is 21.4. The third-order valence-corrected chi connectivity index (χ3v) is 6.66. The summed E-state index contributed by atoms with van der Waals surface area (Å²) in [6, 6.07) is 9.43. The molecule has 0 fully saturated rings. The topological polar surface area (TPSA) is 38.3 Å². The number of hydrogen-bond donors (Lipinski definition) is 1. The zero-order valence-corrected chi connectivity index (χ0v) is 17.6. The van der Waals surface area contributed by atoms with Crippen molar-refractivity contribution >= 4 is 31.9 Å². The molecule has 2 aromatic carbocycles.